The molecule has 2 aromatic heterocycles. The fourth-order valence-electron chi connectivity index (χ4n) is 2.01. The van der Waals surface area contributed by atoms with Crippen LogP contribution >= 0.6 is 0 Å². The molecule has 0 spiro atoms. The van der Waals surface area contributed by atoms with Gasteiger partial charge in [-0.05, 0) is 32.0 Å². The van der Waals surface area contributed by atoms with Crippen molar-refractivity contribution in [3.8, 4) is 0 Å². The average Bonchev–Trinajstić information content (AvgIpc) is 2.93. The van der Waals surface area contributed by atoms with E-state index < -0.39 is 24.4 Å². The molecule has 0 aliphatic carbocycles. The second kappa shape index (κ2) is 5.15. The van der Waals surface area contributed by atoms with E-state index in [1.807, 2.05) is 0 Å². The summed E-state index contributed by atoms with van der Waals surface area (Å²) in [6.07, 6.45) is -4.13. The Morgan fingerprint density at radius 2 is 2.15 bits per heavy atom. The Morgan fingerprint density at radius 3 is 2.60 bits per heavy atom. The topological polar surface area (TPSA) is 48.0 Å². The predicted molar refractivity (Wildman–Crippen MR) is 64.4 cm³/mol. The minimum Gasteiger partial charge on any atom is -0.469 e. The van der Waals surface area contributed by atoms with E-state index >= 15 is 0 Å². The lowest BCUT2D eigenvalue weighted by Gasteiger charge is -2.17. The summed E-state index contributed by atoms with van der Waals surface area (Å²) in [6.45, 7) is 3.29. The van der Waals surface area contributed by atoms with E-state index in [0.29, 0.717) is 11.4 Å². The van der Waals surface area contributed by atoms with Crippen LogP contribution in [-0.4, -0.2) is 21.9 Å². The van der Waals surface area contributed by atoms with Crippen LogP contribution < -0.4 is 0 Å². The molecule has 2 heterocycles. The highest BCUT2D eigenvalue weighted by molar-refractivity contribution is 5.79. The normalized spacial score (nSPS) is 13.4. The molecule has 0 aliphatic rings. The molecule has 0 N–H and O–H groups in total. The zero-order chi connectivity index (χ0) is 14.9. The molecule has 2 aromatic rings. The van der Waals surface area contributed by atoms with Crippen molar-refractivity contribution in [3.05, 3.63) is 41.6 Å². The molecule has 0 bridgehead atoms. The third kappa shape index (κ3) is 2.92. The minimum atomic E-state index is -4.55. The molecule has 7 heteroatoms. The number of carbonyl (C=O) groups excluding carboxylic acids is 1. The maximum Gasteiger partial charge on any atom is 0.399 e. The number of furan rings is 1. The molecular weight excluding hydrogens is 273 g/mol. The van der Waals surface area contributed by atoms with Crippen LogP contribution in [0.4, 0.5) is 13.2 Å². The SMILES string of the molecule is Cc1cc(C)n(C(=O)C[C@@H](c2ccco2)C(F)(F)F)n1. The fraction of sp³-hybridized carbons (Fsp3) is 0.385. The average molecular weight is 286 g/mol. The van der Waals surface area contributed by atoms with Gasteiger partial charge in [-0.15, -0.1) is 0 Å². The van der Waals surface area contributed by atoms with Crippen LogP contribution in [0.1, 0.15) is 34.3 Å². The number of nitrogens with zero attached hydrogens (tertiary/aromatic N) is 2. The fourth-order valence-corrected chi connectivity index (χ4v) is 2.01. The second-order valence-electron chi connectivity index (χ2n) is 4.55. The molecule has 108 valence electrons. The number of rotatable bonds is 3. The second-order valence-corrected chi connectivity index (χ2v) is 4.55. The van der Waals surface area contributed by atoms with Crippen LogP contribution in [-0.2, 0) is 0 Å². The lowest BCUT2D eigenvalue weighted by molar-refractivity contribution is -0.153. The number of carbonyl (C=O) groups is 1. The number of hydrogen-bond acceptors (Lipinski definition) is 3. The number of halogens is 3. The van der Waals surface area contributed by atoms with E-state index in [0.717, 1.165) is 10.9 Å². The first-order valence-electron chi connectivity index (χ1n) is 5.95. The van der Waals surface area contributed by atoms with E-state index in [9.17, 15) is 18.0 Å². The van der Waals surface area contributed by atoms with Gasteiger partial charge in [-0.2, -0.15) is 18.3 Å². The predicted octanol–water partition coefficient (Wildman–Crippen LogP) is 3.47. The van der Waals surface area contributed by atoms with Crippen molar-refractivity contribution in [2.45, 2.75) is 32.4 Å². The van der Waals surface area contributed by atoms with Crippen molar-refractivity contribution < 1.29 is 22.4 Å². The molecule has 0 radical (unpaired) electrons. The van der Waals surface area contributed by atoms with Crippen LogP contribution in [0.3, 0.4) is 0 Å². The summed E-state index contributed by atoms with van der Waals surface area (Å²) >= 11 is 0. The van der Waals surface area contributed by atoms with Gasteiger partial charge >= 0.3 is 6.18 Å². The highest BCUT2D eigenvalue weighted by Gasteiger charge is 2.44. The summed E-state index contributed by atoms with van der Waals surface area (Å²) in [5, 5.41) is 3.90. The molecule has 0 fully saturated rings. The molecule has 0 unspecified atom stereocenters. The Morgan fingerprint density at radius 1 is 1.45 bits per heavy atom. The Bertz CT molecular complexity index is 600. The Labute approximate surface area is 113 Å². The minimum absolute atomic E-state index is 0.271. The first-order chi connectivity index (χ1) is 9.29. The summed E-state index contributed by atoms with van der Waals surface area (Å²) in [5.41, 5.74) is 1.09. The van der Waals surface area contributed by atoms with Gasteiger partial charge in [-0.25, -0.2) is 4.68 Å². The van der Waals surface area contributed by atoms with Gasteiger partial charge in [0.2, 0.25) is 5.91 Å². The van der Waals surface area contributed by atoms with Crippen molar-refractivity contribution in [1.82, 2.24) is 9.78 Å². The van der Waals surface area contributed by atoms with Crippen molar-refractivity contribution in [1.29, 1.82) is 0 Å². The maximum absolute atomic E-state index is 13.0. The first-order valence-corrected chi connectivity index (χ1v) is 5.95. The standard InChI is InChI=1S/C13H13F3N2O2/c1-8-6-9(2)18(17-8)12(19)7-10(13(14,15)16)11-4-3-5-20-11/h3-6,10H,7H2,1-2H3/t10-/m0/s1. The Balaban J connectivity index is 2.25. The van der Waals surface area contributed by atoms with Crippen molar-refractivity contribution >= 4 is 5.91 Å². The van der Waals surface area contributed by atoms with Gasteiger partial charge in [0, 0.05) is 12.1 Å². The summed E-state index contributed by atoms with van der Waals surface area (Å²) in [4.78, 5) is 12.0. The van der Waals surface area contributed by atoms with E-state index in [4.69, 9.17) is 4.42 Å². The smallest absolute Gasteiger partial charge is 0.399 e. The van der Waals surface area contributed by atoms with Gasteiger partial charge in [-0.3, -0.25) is 4.79 Å². The van der Waals surface area contributed by atoms with Gasteiger partial charge in [-0.1, -0.05) is 0 Å². The van der Waals surface area contributed by atoms with Gasteiger partial charge < -0.3 is 4.42 Å². The molecule has 2 rings (SSSR count). The molecule has 0 amide bonds. The first kappa shape index (κ1) is 14.4. The highest BCUT2D eigenvalue weighted by Crippen LogP contribution is 2.37. The summed E-state index contributed by atoms with van der Waals surface area (Å²) in [5.74, 6) is -2.95. The number of hydrogen-bond donors (Lipinski definition) is 0. The van der Waals surface area contributed by atoms with Crippen LogP contribution in [0, 0.1) is 13.8 Å². The van der Waals surface area contributed by atoms with E-state index in [-0.39, 0.29) is 5.76 Å². The Hall–Kier alpha value is -2.05. The quantitative estimate of drug-likeness (QED) is 0.868. The third-order valence-corrected chi connectivity index (χ3v) is 2.91. The lowest BCUT2D eigenvalue weighted by Crippen LogP contribution is -2.26. The monoisotopic (exact) mass is 286 g/mol. The molecular formula is C13H13F3N2O2. The van der Waals surface area contributed by atoms with Crippen LogP contribution in [0.2, 0.25) is 0 Å². The molecule has 1 atom stereocenters. The van der Waals surface area contributed by atoms with Gasteiger partial charge in [0.25, 0.3) is 0 Å². The van der Waals surface area contributed by atoms with E-state index in [1.54, 1.807) is 19.9 Å². The molecule has 0 aliphatic heterocycles. The summed E-state index contributed by atoms with van der Waals surface area (Å²) in [7, 11) is 0. The van der Waals surface area contributed by atoms with Crippen LogP contribution in [0.15, 0.2) is 28.9 Å². The van der Waals surface area contributed by atoms with Gasteiger partial charge in [0.05, 0.1) is 12.0 Å². The van der Waals surface area contributed by atoms with Crippen molar-refractivity contribution in [2.75, 3.05) is 0 Å². The van der Waals surface area contributed by atoms with E-state index in [2.05, 4.69) is 5.10 Å². The number of aryl methyl sites for hydroxylation is 2. The van der Waals surface area contributed by atoms with Crippen molar-refractivity contribution in [3.63, 3.8) is 0 Å². The molecule has 0 saturated carbocycles. The lowest BCUT2D eigenvalue weighted by atomic mass is 10.0. The number of alkyl halides is 3. The molecule has 4 nitrogen and oxygen atoms in total. The van der Waals surface area contributed by atoms with Gasteiger partial charge in [0.15, 0.2) is 0 Å². The van der Waals surface area contributed by atoms with Crippen LogP contribution in [0.5, 0.6) is 0 Å². The third-order valence-electron chi connectivity index (χ3n) is 2.91. The van der Waals surface area contributed by atoms with Crippen molar-refractivity contribution in [2.24, 2.45) is 0 Å². The maximum atomic E-state index is 13.0. The van der Waals surface area contributed by atoms with Gasteiger partial charge in [0.1, 0.15) is 11.7 Å². The molecule has 0 saturated heterocycles. The molecule has 0 aromatic carbocycles. The summed E-state index contributed by atoms with van der Waals surface area (Å²) in [6, 6.07) is 4.21. The zero-order valence-corrected chi connectivity index (χ0v) is 10.9. The molecule has 20 heavy (non-hydrogen) atoms. The Kier molecular flexibility index (Phi) is 3.69. The van der Waals surface area contributed by atoms with Crippen LogP contribution in [0.25, 0.3) is 0 Å². The highest BCUT2D eigenvalue weighted by atomic mass is 19.4. The largest absolute Gasteiger partial charge is 0.469 e. The summed E-state index contributed by atoms with van der Waals surface area (Å²) < 4.78 is 44.9. The number of aromatic nitrogens is 2. The zero-order valence-electron chi connectivity index (χ0n) is 10.9. The van der Waals surface area contributed by atoms with E-state index in [1.165, 1.54) is 12.1 Å².